The number of ether oxygens (including phenoxy) is 1. The number of nitrogens with two attached hydrogens (primary N) is 1. The largest absolute Gasteiger partial charge is 0.460 e. The minimum absolute atomic E-state index is 0.163. The Kier molecular flexibility index (Phi) is 1.81. The van der Waals surface area contributed by atoms with Gasteiger partial charge < -0.3 is 14.6 Å². The standard InChI is InChI=1S/C18H17NO5S/c1-12-7-9-14(10-8-12)16-15(20)17(18(19)23-16)24-25(21,22)11-13-5-3-2-4-6-13/h2-10,16H,11,19H2,1H3/i2D,3D,4D,5D,6D,7D,8D,9D,10D,11D2,16D/hD2. The number of carbonyl (C=O) groups excluding carboxylic acids is 1. The van der Waals surface area contributed by atoms with Crippen molar-refractivity contribution >= 4 is 15.9 Å². The highest BCUT2D eigenvalue weighted by molar-refractivity contribution is 7.86. The van der Waals surface area contributed by atoms with Crippen molar-refractivity contribution in [3.63, 3.8) is 0 Å². The van der Waals surface area contributed by atoms with Crippen LogP contribution in [0.3, 0.4) is 0 Å². The minimum atomic E-state index is -5.90. The smallest absolute Gasteiger partial charge is 0.313 e. The molecule has 3 rings (SSSR count). The summed E-state index contributed by atoms with van der Waals surface area (Å²) in [4.78, 5) is 13.3. The number of hydrogen-bond donors (Lipinski definition) is 1. The van der Waals surface area contributed by atoms with Gasteiger partial charge in [-0.3, -0.25) is 4.79 Å². The molecule has 0 amide bonds. The maximum absolute atomic E-state index is 13.3. The number of Topliss-reactive ketones (excluding diaryl/α,β-unsaturated/α-hetero) is 1. The Balaban J connectivity index is 2.21. The lowest BCUT2D eigenvalue weighted by atomic mass is 10.0. The molecule has 25 heavy (non-hydrogen) atoms. The molecule has 1 unspecified atom stereocenters. The highest BCUT2D eigenvalue weighted by Gasteiger charge is 2.39. The molecule has 1 atom stereocenters. The molecule has 0 radical (unpaired) electrons. The quantitative estimate of drug-likeness (QED) is 0.781. The van der Waals surface area contributed by atoms with E-state index >= 15 is 0 Å². The minimum Gasteiger partial charge on any atom is -0.460 e. The van der Waals surface area contributed by atoms with Crippen molar-refractivity contribution in [2.24, 2.45) is 5.72 Å². The maximum Gasteiger partial charge on any atom is 0.313 e. The molecule has 2 aromatic rings. The van der Waals surface area contributed by atoms with Gasteiger partial charge in [-0.1, -0.05) is 59.9 Å². The van der Waals surface area contributed by atoms with Gasteiger partial charge in [0.15, 0.2) is 8.90 Å². The second kappa shape index (κ2) is 6.60. The predicted molar refractivity (Wildman–Crippen MR) is 91.4 cm³/mol. The molecule has 2 N–H and O–H groups in total. The average Bonchev–Trinajstić information content (AvgIpc) is 3.09. The second-order valence-corrected chi connectivity index (χ2v) is 5.81. The van der Waals surface area contributed by atoms with Crippen molar-refractivity contribution in [3.05, 3.63) is 82.7 Å². The third-order valence-electron chi connectivity index (χ3n) is 2.70. The zero-order valence-corrected chi connectivity index (χ0v) is 13.2. The third kappa shape index (κ3) is 3.83. The van der Waals surface area contributed by atoms with Gasteiger partial charge in [0.05, 0.1) is 16.4 Å². The van der Waals surface area contributed by atoms with Crippen molar-refractivity contribution in [2.75, 3.05) is 0 Å². The molecule has 0 aliphatic carbocycles. The number of carbonyl (C=O) groups is 1. The molecule has 0 saturated carbocycles. The van der Waals surface area contributed by atoms with Crippen molar-refractivity contribution < 1.29 is 41.4 Å². The van der Waals surface area contributed by atoms with Crippen LogP contribution in [0.25, 0.3) is 0 Å². The van der Waals surface area contributed by atoms with Crippen molar-refractivity contribution in [3.8, 4) is 0 Å². The molecule has 7 heteroatoms. The molecular weight excluding hydrogens is 342 g/mol. The van der Waals surface area contributed by atoms with Crippen LogP contribution in [0.5, 0.6) is 0 Å². The van der Waals surface area contributed by atoms with Crippen LogP contribution >= 0.6 is 0 Å². The Morgan fingerprint density at radius 1 is 1.28 bits per heavy atom. The first kappa shape index (κ1) is 6.84. The summed E-state index contributed by atoms with van der Waals surface area (Å²) in [7, 11) is -5.90. The van der Waals surface area contributed by atoms with Crippen LogP contribution in [-0.4, -0.2) is 14.2 Å². The van der Waals surface area contributed by atoms with Gasteiger partial charge in [-0.2, -0.15) is 8.42 Å². The Morgan fingerprint density at radius 2 is 1.96 bits per heavy atom. The second-order valence-electron chi connectivity index (χ2n) is 4.53. The van der Waals surface area contributed by atoms with Gasteiger partial charge in [-0.05, 0) is 12.5 Å². The number of benzene rings is 2. The molecule has 0 fully saturated rings. The molecule has 6 nitrogen and oxygen atoms in total. The molecule has 130 valence electrons. The van der Waals surface area contributed by atoms with E-state index in [1.54, 1.807) is 0 Å². The summed E-state index contributed by atoms with van der Waals surface area (Å²) in [6.45, 7) is 1.22. The van der Waals surface area contributed by atoms with Crippen LogP contribution in [-0.2, 0) is 29.5 Å². The SMILES string of the molecule is [2H]c1c([2H])c([2H])c(C([2H])([2H])S(=O)(=O)OC2=C(N([2H])[2H])OC([2H])(c3c([2H])c([2H])c(C)c([2H])c3[2H])C2=O)c([2H])c1[2H]. The van der Waals surface area contributed by atoms with Crippen LogP contribution in [0.2, 0.25) is 2.82 Å². The van der Waals surface area contributed by atoms with Crippen LogP contribution in [0.4, 0.5) is 0 Å². The van der Waals surface area contributed by atoms with E-state index in [0.29, 0.717) is 0 Å². The van der Waals surface area contributed by atoms with Crippen molar-refractivity contribution in [2.45, 2.75) is 18.7 Å². The predicted octanol–water partition coefficient (Wildman–Crippen LogP) is 2.31. The van der Waals surface area contributed by atoms with E-state index < -0.39 is 111 Å². The van der Waals surface area contributed by atoms with E-state index in [-0.39, 0.29) is 5.56 Å². The van der Waals surface area contributed by atoms with Gasteiger partial charge in [0.1, 0.15) is 5.70 Å². The first-order chi connectivity index (χ1) is 17.6. The molecule has 2 aromatic carbocycles. The first-order valence-corrected chi connectivity index (χ1v) is 7.90. The van der Waals surface area contributed by atoms with Crippen molar-refractivity contribution in [1.29, 1.82) is 0 Å². The molecule has 0 saturated heterocycles. The number of hydrogen-bond acceptors (Lipinski definition) is 6. The Morgan fingerprint density at radius 3 is 2.60 bits per heavy atom. The van der Waals surface area contributed by atoms with E-state index in [4.69, 9.17) is 24.0 Å². The zero-order chi connectivity index (χ0) is 30.2. The van der Waals surface area contributed by atoms with Crippen LogP contribution in [0, 0.1) is 6.92 Å². The lowest BCUT2D eigenvalue weighted by Crippen LogP contribution is -2.16. The Bertz CT molecular complexity index is 1520. The molecule has 1 heterocycles. The van der Waals surface area contributed by atoms with E-state index in [1.165, 1.54) is 6.92 Å². The summed E-state index contributed by atoms with van der Waals surface area (Å²) in [6.07, 6.45) is -3.32. The lowest BCUT2D eigenvalue weighted by molar-refractivity contribution is -0.123. The average molecular weight is 373 g/mol. The normalized spacial score (nSPS) is 28.8. The van der Waals surface area contributed by atoms with Gasteiger partial charge in [0.25, 0.3) is 0 Å². The number of ketones is 1. The van der Waals surface area contributed by atoms with Gasteiger partial charge in [-0.25, -0.2) is 0 Å². The van der Waals surface area contributed by atoms with Gasteiger partial charge >= 0.3 is 10.1 Å². The van der Waals surface area contributed by atoms with Gasteiger partial charge in [0.2, 0.25) is 17.4 Å². The summed E-state index contributed by atoms with van der Waals surface area (Å²) in [6, 6.07) is -8.84. The highest BCUT2D eigenvalue weighted by Crippen LogP contribution is 2.32. The Labute approximate surface area is 165 Å². The molecule has 0 spiro atoms. The van der Waals surface area contributed by atoms with Crippen molar-refractivity contribution in [1.82, 2.24) is 0 Å². The van der Waals surface area contributed by atoms with Gasteiger partial charge in [0, 0.05) is 5.56 Å². The highest BCUT2D eigenvalue weighted by atomic mass is 32.2. The summed E-state index contributed by atoms with van der Waals surface area (Å²) < 4.78 is 146. The monoisotopic (exact) mass is 373 g/mol. The third-order valence-corrected chi connectivity index (χ3v) is 3.54. The van der Waals surface area contributed by atoms with Crippen LogP contribution in [0.1, 0.15) is 39.2 Å². The Hall–Kier alpha value is -2.80. The fourth-order valence-electron chi connectivity index (χ4n) is 1.67. The maximum atomic E-state index is 13.3. The van der Waals surface area contributed by atoms with E-state index in [0.717, 1.165) is 0 Å². The fraction of sp³-hybridized carbons (Fsp3) is 0.167. The van der Waals surface area contributed by atoms with E-state index in [2.05, 4.69) is 4.18 Å². The van der Waals surface area contributed by atoms with Crippen LogP contribution in [0.15, 0.2) is 66.0 Å². The van der Waals surface area contributed by atoms with Crippen LogP contribution < -0.4 is 5.72 Å². The molecule has 1 aliphatic rings. The summed E-state index contributed by atoms with van der Waals surface area (Å²) >= 11 is 0. The molecule has 0 aromatic heterocycles. The first-order valence-electron chi connectivity index (χ1n) is 13.4. The van der Waals surface area contributed by atoms with E-state index in [9.17, 15) is 13.2 Å². The summed E-state index contributed by atoms with van der Waals surface area (Å²) in [5, 5.41) is 0. The molecule has 0 bridgehead atoms. The molecular formula is C18H17NO5S. The van der Waals surface area contributed by atoms with Gasteiger partial charge in [-0.15, -0.1) is 0 Å². The summed E-state index contributed by atoms with van der Waals surface area (Å²) in [5.74, 6) is -4.90. The number of rotatable bonds is 6. The zero-order valence-electron chi connectivity index (χ0n) is 26.4. The van der Waals surface area contributed by atoms with E-state index in [1.807, 2.05) is 0 Å². The lowest BCUT2D eigenvalue weighted by Gasteiger charge is -2.10. The summed E-state index contributed by atoms with van der Waals surface area (Å²) in [5.41, 5.74) is -7.04. The topological polar surface area (TPSA) is 95.7 Å². The fourth-order valence-corrected chi connectivity index (χ4v) is 2.43. The molecule has 1 aliphatic heterocycles.